The number of hydrogen-bond acceptors (Lipinski definition) is 4. The third kappa shape index (κ3) is 3.50. The SMILES string of the molecule is CCc1ccc(S(=O)(=O)NN(C)C)cc1CO. The van der Waals surface area contributed by atoms with Crippen molar-refractivity contribution < 1.29 is 13.5 Å². The van der Waals surface area contributed by atoms with Crippen LogP contribution < -0.4 is 4.83 Å². The van der Waals surface area contributed by atoms with E-state index in [4.69, 9.17) is 0 Å². The van der Waals surface area contributed by atoms with Gasteiger partial charge in [0.25, 0.3) is 10.0 Å². The second-order valence-corrected chi connectivity index (χ2v) is 5.59. The maximum Gasteiger partial charge on any atom is 0.253 e. The van der Waals surface area contributed by atoms with Gasteiger partial charge in [-0.25, -0.2) is 13.4 Å². The summed E-state index contributed by atoms with van der Waals surface area (Å²) in [6.45, 7) is 1.80. The predicted octanol–water partition coefficient (Wildman–Crippen LogP) is 0.496. The van der Waals surface area contributed by atoms with Crippen LogP contribution in [0.4, 0.5) is 0 Å². The number of sulfonamides is 1. The molecule has 0 spiro atoms. The number of hydrogen-bond donors (Lipinski definition) is 2. The molecule has 5 nitrogen and oxygen atoms in total. The number of rotatable bonds is 5. The Labute approximate surface area is 102 Å². The number of aliphatic hydroxyl groups excluding tert-OH is 1. The van der Waals surface area contributed by atoms with Crippen molar-refractivity contribution in [1.82, 2.24) is 9.84 Å². The summed E-state index contributed by atoms with van der Waals surface area (Å²) in [6, 6.07) is 4.78. The van der Waals surface area contributed by atoms with Gasteiger partial charge in [-0.1, -0.05) is 13.0 Å². The Bertz CT molecular complexity index is 483. The maximum absolute atomic E-state index is 11.9. The van der Waals surface area contributed by atoms with Crippen molar-refractivity contribution in [2.24, 2.45) is 0 Å². The highest BCUT2D eigenvalue weighted by molar-refractivity contribution is 7.89. The highest BCUT2D eigenvalue weighted by Gasteiger charge is 2.16. The molecule has 0 bridgehead atoms. The summed E-state index contributed by atoms with van der Waals surface area (Å²) >= 11 is 0. The molecule has 2 N–H and O–H groups in total. The van der Waals surface area contributed by atoms with E-state index in [1.165, 1.54) is 11.1 Å². The van der Waals surface area contributed by atoms with Gasteiger partial charge in [0.1, 0.15) is 0 Å². The van der Waals surface area contributed by atoms with Gasteiger partial charge in [-0.15, -0.1) is 4.83 Å². The molecule has 0 aliphatic carbocycles. The second kappa shape index (κ2) is 5.59. The van der Waals surface area contributed by atoms with E-state index in [2.05, 4.69) is 4.83 Å². The number of nitrogens with one attached hydrogen (secondary N) is 1. The van der Waals surface area contributed by atoms with Crippen molar-refractivity contribution in [2.75, 3.05) is 14.1 Å². The Morgan fingerprint density at radius 1 is 1.29 bits per heavy atom. The lowest BCUT2D eigenvalue weighted by atomic mass is 10.1. The average Bonchev–Trinajstić information content (AvgIpc) is 2.26. The third-order valence-electron chi connectivity index (χ3n) is 2.34. The number of benzene rings is 1. The zero-order valence-electron chi connectivity index (χ0n) is 10.3. The zero-order chi connectivity index (χ0) is 13.1. The van der Waals surface area contributed by atoms with Crippen molar-refractivity contribution in [3.63, 3.8) is 0 Å². The molecule has 96 valence electrons. The minimum absolute atomic E-state index is 0.158. The van der Waals surface area contributed by atoms with Gasteiger partial charge in [-0.2, -0.15) is 0 Å². The Morgan fingerprint density at radius 3 is 2.41 bits per heavy atom. The molecule has 1 aromatic rings. The molecule has 0 aliphatic heterocycles. The van der Waals surface area contributed by atoms with E-state index in [1.54, 1.807) is 26.2 Å². The average molecular weight is 258 g/mol. The van der Waals surface area contributed by atoms with E-state index in [-0.39, 0.29) is 11.5 Å². The minimum atomic E-state index is -3.55. The van der Waals surface area contributed by atoms with Crippen LogP contribution in [0.2, 0.25) is 0 Å². The van der Waals surface area contributed by atoms with Crippen LogP contribution in [-0.4, -0.2) is 32.6 Å². The molecule has 0 aromatic heterocycles. The van der Waals surface area contributed by atoms with Crippen LogP contribution in [0.5, 0.6) is 0 Å². The Kier molecular flexibility index (Phi) is 4.64. The first kappa shape index (κ1) is 14.1. The van der Waals surface area contributed by atoms with E-state index in [0.29, 0.717) is 5.56 Å². The van der Waals surface area contributed by atoms with Gasteiger partial charge in [0.2, 0.25) is 0 Å². The van der Waals surface area contributed by atoms with Crippen molar-refractivity contribution >= 4 is 10.0 Å². The topological polar surface area (TPSA) is 69.6 Å². The summed E-state index contributed by atoms with van der Waals surface area (Å²) in [7, 11) is -0.348. The predicted molar refractivity (Wildman–Crippen MR) is 65.8 cm³/mol. The standard InChI is InChI=1S/C11H18N2O3S/c1-4-9-5-6-11(7-10(9)8-14)17(15,16)12-13(2)3/h5-7,12,14H,4,8H2,1-3H3. The van der Waals surface area contributed by atoms with Gasteiger partial charge in [-0.3, -0.25) is 0 Å². The monoisotopic (exact) mass is 258 g/mol. The van der Waals surface area contributed by atoms with Crippen molar-refractivity contribution in [3.8, 4) is 0 Å². The van der Waals surface area contributed by atoms with Gasteiger partial charge in [0, 0.05) is 14.1 Å². The van der Waals surface area contributed by atoms with Gasteiger partial charge in [0.15, 0.2) is 0 Å². The molecular weight excluding hydrogens is 240 g/mol. The molecule has 0 radical (unpaired) electrons. The zero-order valence-corrected chi connectivity index (χ0v) is 11.1. The summed E-state index contributed by atoms with van der Waals surface area (Å²) in [4.78, 5) is 2.51. The van der Waals surface area contributed by atoms with Crippen LogP contribution in [0, 0.1) is 0 Å². The molecule has 0 unspecified atom stereocenters. The molecule has 0 saturated carbocycles. The molecule has 0 atom stereocenters. The molecule has 6 heteroatoms. The minimum Gasteiger partial charge on any atom is -0.392 e. The van der Waals surface area contributed by atoms with E-state index in [1.807, 2.05) is 6.92 Å². The van der Waals surface area contributed by atoms with Crippen LogP contribution in [0.3, 0.4) is 0 Å². The van der Waals surface area contributed by atoms with Crippen molar-refractivity contribution in [3.05, 3.63) is 29.3 Å². The van der Waals surface area contributed by atoms with Crippen LogP contribution >= 0.6 is 0 Å². The maximum atomic E-state index is 11.9. The van der Waals surface area contributed by atoms with Crippen LogP contribution in [0.15, 0.2) is 23.1 Å². The van der Waals surface area contributed by atoms with Crippen LogP contribution in [-0.2, 0) is 23.1 Å². The number of nitrogens with zero attached hydrogens (tertiary/aromatic N) is 1. The number of aryl methyl sites for hydroxylation is 1. The highest BCUT2D eigenvalue weighted by atomic mass is 32.2. The first-order valence-corrected chi connectivity index (χ1v) is 6.81. The molecule has 1 aromatic carbocycles. The largest absolute Gasteiger partial charge is 0.392 e. The second-order valence-electron chi connectivity index (χ2n) is 3.93. The van der Waals surface area contributed by atoms with E-state index >= 15 is 0 Å². The van der Waals surface area contributed by atoms with Gasteiger partial charge >= 0.3 is 0 Å². The summed E-state index contributed by atoms with van der Waals surface area (Å²) in [5.41, 5.74) is 1.60. The fourth-order valence-electron chi connectivity index (χ4n) is 1.55. The Hall–Kier alpha value is -0.950. The summed E-state index contributed by atoms with van der Waals surface area (Å²) in [5.74, 6) is 0. The van der Waals surface area contributed by atoms with E-state index in [9.17, 15) is 13.5 Å². The quantitative estimate of drug-likeness (QED) is 0.754. The van der Waals surface area contributed by atoms with E-state index in [0.717, 1.165) is 12.0 Å². The van der Waals surface area contributed by atoms with E-state index < -0.39 is 10.0 Å². The molecule has 1 rings (SSSR count). The third-order valence-corrected chi connectivity index (χ3v) is 3.82. The lowest BCUT2D eigenvalue weighted by molar-refractivity contribution is 0.280. The molecular formula is C11H18N2O3S. The fraction of sp³-hybridized carbons (Fsp3) is 0.455. The van der Waals surface area contributed by atoms with Gasteiger partial charge in [-0.05, 0) is 29.7 Å². The first-order chi connectivity index (χ1) is 7.90. The van der Waals surface area contributed by atoms with Crippen molar-refractivity contribution in [1.29, 1.82) is 0 Å². The normalized spacial score (nSPS) is 12.1. The number of aliphatic hydroxyl groups is 1. The fourth-order valence-corrected chi connectivity index (χ4v) is 2.69. The Morgan fingerprint density at radius 2 is 1.94 bits per heavy atom. The van der Waals surface area contributed by atoms with Crippen LogP contribution in [0.1, 0.15) is 18.1 Å². The lowest BCUT2D eigenvalue weighted by Crippen LogP contribution is -2.36. The molecule has 0 amide bonds. The lowest BCUT2D eigenvalue weighted by Gasteiger charge is -2.14. The molecule has 0 fully saturated rings. The van der Waals surface area contributed by atoms with Crippen LogP contribution in [0.25, 0.3) is 0 Å². The van der Waals surface area contributed by atoms with Gasteiger partial charge < -0.3 is 5.11 Å². The smallest absolute Gasteiger partial charge is 0.253 e. The molecule has 17 heavy (non-hydrogen) atoms. The Balaban J connectivity index is 3.16. The highest BCUT2D eigenvalue weighted by Crippen LogP contribution is 2.16. The molecule has 0 saturated heterocycles. The molecule has 0 heterocycles. The van der Waals surface area contributed by atoms with Gasteiger partial charge in [0.05, 0.1) is 11.5 Å². The summed E-state index contributed by atoms with van der Waals surface area (Å²) in [6.07, 6.45) is 0.761. The summed E-state index contributed by atoms with van der Waals surface area (Å²) in [5, 5.41) is 10.6. The van der Waals surface area contributed by atoms with Crippen molar-refractivity contribution in [2.45, 2.75) is 24.8 Å². The number of hydrazine groups is 1. The first-order valence-electron chi connectivity index (χ1n) is 5.33. The molecule has 0 aliphatic rings. The summed E-state index contributed by atoms with van der Waals surface area (Å²) < 4.78 is 23.8.